The first-order valence-electron chi connectivity index (χ1n) is 43.6. The minimum atomic E-state index is -0.367. The summed E-state index contributed by atoms with van der Waals surface area (Å²) >= 11 is 0. The van der Waals surface area contributed by atoms with Crippen LogP contribution >= 0.6 is 48.2 Å². The summed E-state index contributed by atoms with van der Waals surface area (Å²) in [5.41, 5.74) is 9.76. The number of aryl methyl sites for hydroxylation is 1. The van der Waals surface area contributed by atoms with Gasteiger partial charge in [-0.05, 0) is 263 Å². The lowest BCUT2D eigenvalue weighted by Gasteiger charge is -2.31. The zero-order valence-corrected chi connectivity index (χ0v) is 73.8. The fourth-order valence-electron chi connectivity index (χ4n) is 16.5. The number of benzene rings is 5. The second-order valence-electron chi connectivity index (χ2n) is 30.9. The quantitative estimate of drug-likeness (QED) is 0.0273. The van der Waals surface area contributed by atoms with E-state index in [9.17, 15) is 0 Å². The molecule has 0 heterocycles. The van der Waals surface area contributed by atoms with E-state index >= 15 is 0 Å². The van der Waals surface area contributed by atoms with Crippen LogP contribution in [0.25, 0.3) is 21.5 Å². The molecule has 5 aromatic rings. The number of unbranched alkanes of at least 4 members (excludes halogenated alkanes) is 11. The molecular weight excluding hydrogens is 1310 g/mol. The van der Waals surface area contributed by atoms with Gasteiger partial charge in [0.2, 0.25) is 0 Å². The summed E-state index contributed by atoms with van der Waals surface area (Å²) in [5, 5.41) is 10.3. The van der Waals surface area contributed by atoms with Crippen molar-refractivity contribution in [2.24, 2.45) is 0 Å². The molecule has 4 aliphatic rings. The molecule has 4 aliphatic carbocycles. The van der Waals surface area contributed by atoms with Gasteiger partial charge in [0.05, 0.1) is 0 Å². The van der Waals surface area contributed by atoms with Gasteiger partial charge in [-0.2, -0.15) is 0 Å². The van der Waals surface area contributed by atoms with E-state index in [0.717, 1.165) is 31.2 Å². The van der Waals surface area contributed by atoms with Crippen LogP contribution < -0.4 is 15.9 Å². The average molecular weight is 1480 g/mol. The summed E-state index contributed by atoms with van der Waals surface area (Å²) in [6, 6.07) is 36.4. The highest BCUT2D eigenvalue weighted by atomic mass is 31.1. The molecule has 0 saturated heterocycles. The van der Waals surface area contributed by atoms with Crippen molar-refractivity contribution in [2.45, 2.75) is 375 Å². The molecule has 0 spiro atoms. The smallest absolute Gasteiger partial charge is 0.0104 e. The highest BCUT2D eigenvalue weighted by molar-refractivity contribution is 7.74. The average Bonchev–Trinajstić information content (AvgIpc) is 0.786. The molecule has 0 radical (unpaired) electrons. The van der Waals surface area contributed by atoms with Crippen molar-refractivity contribution >= 4 is 85.6 Å². The lowest BCUT2D eigenvalue weighted by Crippen LogP contribution is -2.16. The molecule has 0 aromatic heterocycles. The zero-order chi connectivity index (χ0) is 72.1. The molecule has 100 heavy (non-hydrogen) atoms. The summed E-state index contributed by atoms with van der Waals surface area (Å²) in [6.45, 7) is 30.6. The number of hydrogen-bond donors (Lipinski definition) is 0. The first-order valence-corrected chi connectivity index (χ1v) is 54.0. The number of fused-ring (bicyclic) bond motifs is 2. The normalized spacial score (nSPS) is 15.7. The number of hydrogen-bond acceptors (Lipinski definition) is 0. The third-order valence-corrected chi connectivity index (χ3v) is 38.8. The van der Waals surface area contributed by atoms with Crippen molar-refractivity contribution in [1.82, 2.24) is 0 Å². The van der Waals surface area contributed by atoms with Crippen LogP contribution in [0.3, 0.4) is 0 Å². The van der Waals surface area contributed by atoms with Crippen molar-refractivity contribution < 1.29 is 0 Å². The summed E-state index contributed by atoms with van der Waals surface area (Å²) < 4.78 is 0. The maximum Gasteiger partial charge on any atom is -0.0104 e. The Balaban J connectivity index is 0.000000266. The van der Waals surface area contributed by atoms with E-state index in [2.05, 4.69) is 187 Å². The first-order chi connectivity index (χ1) is 49.1. The van der Waals surface area contributed by atoms with Crippen LogP contribution in [0.15, 0.2) is 97.1 Å². The topological polar surface area (TPSA) is 0 Å². The van der Waals surface area contributed by atoms with Crippen LogP contribution in [0.1, 0.15) is 350 Å². The van der Waals surface area contributed by atoms with Gasteiger partial charge in [-0.1, -0.05) is 342 Å². The summed E-state index contributed by atoms with van der Waals surface area (Å²) in [5.74, 6) is 0. The molecule has 4 saturated carbocycles. The van der Waals surface area contributed by atoms with E-state index in [1.165, 1.54) is 294 Å². The molecule has 4 fully saturated rings. The Morgan fingerprint density at radius 2 is 0.700 bits per heavy atom. The lowest BCUT2D eigenvalue weighted by atomic mass is 9.91. The van der Waals surface area contributed by atoms with Crippen molar-refractivity contribution in [1.29, 1.82) is 0 Å². The van der Waals surface area contributed by atoms with Crippen molar-refractivity contribution in [2.75, 3.05) is 62.6 Å². The van der Waals surface area contributed by atoms with Crippen LogP contribution in [0, 0.1) is 0 Å². The van der Waals surface area contributed by atoms with Crippen LogP contribution in [0.5, 0.6) is 0 Å². The first kappa shape index (κ1) is 91.6. The fourth-order valence-corrected chi connectivity index (χ4v) is 31.3. The Morgan fingerprint density at radius 3 is 1.12 bits per heavy atom. The van der Waals surface area contributed by atoms with Gasteiger partial charge in [-0.3, -0.25) is 0 Å². The molecule has 0 nitrogen and oxygen atoms in total. The SMILES string of the molecule is CCCCCCP(c1cccc2ccccc12)c1cccc2ccccc12.CCCCCCPc1ccc(CCCC)c(CCCC)c1CCCC.CCCCP(CCCC)C1CCCCC1.CCCP(CCC)C1CCCCC1.CCP(CC)C1CCCCC1.CP(C)C1CCCCC1. The lowest BCUT2D eigenvalue weighted by molar-refractivity contribution is 0.509. The molecule has 1 atom stereocenters. The Morgan fingerprint density at radius 1 is 0.310 bits per heavy atom. The maximum absolute atomic E-state index is 2.50. The highest BCUT2D eigenvalue weighted by Crippen LogP contribution is 2.51. The minimum absolute atomic E-state index is 0.367. The van der Waals surface area contributed by atoms with Gasteiger partial charge in [-0.15, -0.1) is 31.7 Å². The van der Waals surface area contributed by atoms with Gasteiger partial charge in [0.25, 0.3) is 0 Å². The molecule has 6 heteroatoms. The third kappa shape index (κ3) is 36.4. The van der Waals surface area contributed by atoms with Crippen molar-refractivity contribution in [3.63, 3.8) is 0 Å². The molecular formula is C94H162P6. The predicted octanol–water partition coefficient (Wildman–Crippen LogP) is 31.5. The third-order valence-electron chi connectivity index (χ3n) is 22.6. The second-order valence-corrected chi connectivity index (χ2v) is 46.0. The van der Waals surface area contributed by atoms with Gasteiger partial charge in [0.15, 0.2) is 0 Å². The number of rotatable bonds is 38. The van der Waals surface area contributed by atoms with Crippen LogP contribution in [0.4, 0.5) is 0 Å². The van der Waals surface area contributed by atoms with Crippen LogP contribution in [-0.2, 0) is 19.3 Å². The summed E-state index contributed by atoms with van der Waals surface area (Å²) in [7, 11) is 2.30. The molecule has 0 N–H and O–H groups in total. The van der Waals surface area contributed by atoms with Crippen LogP contribution in [-0.4, -0.2) is 85.3 Å². The Kier molecular flexibility index (Phi) is 55.1. The minimum Gasteiger partial charge on any atom is -0.110 e. The molecule has 5 aromatic carbocycles. The van der Waals surface area contributed by atoms with Gasteiger partial charge >= 0.3 is 0 Å². The Bertz CT molecular complexity index is 2580. The second kappa shape index (κ2) is 60.1. The van der Waals surface area contributed by atoms with E-state index in [0.29, 0.717) is 31.7 Å². The van der Waals surface area contributed by atoms with E-state index in [1.807, 2.05) is 0 Å². The van der Waals surface area contributed by atoms with Crippen molar-refractivity contribution in [3.05, 3.63) is 114 Å². The van der Waals surface area contributed by atoms with Gasteiger partial charge in [0.1, 0.15) is 0 Å². The molecule has 9 rings (SSSR count). The largest absolute Gasteiger partial charge is 0.110 e. The van der Waals surface area contributed by atoms with E-state index < -0.39 is 0 Å². The molecule has 0 amide bonds. The summed E-state index contributed by atoms with van der Waals surface area (Å²) in [6.07, 6.45) is 73.8. The van der Waals surface area contributed by atoms with E-state index in [1.54, 1.807) is 85.2 Å². The van der Waals surface area contributed by atoms with Crippen molar-refractivity contribution in [3.8, 4) is 0 Å². The Labute approximate surface area is 632 Å². The summed E-state index contributed by atoms with van der Waals surface area (Å²) in [4.78, 5) is 0. The predicted molar refractivity (Wildman–Crippen MR) is 480 cm³/mol. The molecule has 1 unspecified atom stereocenters. The monoisotopic (exact) mass is 1480 g/mol. The van der Waals surface area contributed by atoms with Gasteiger partial charge in [-0.25, -0.2) is 0 Å². The standard InChI is InChI=1S/C26H27P.C24H43P.C14H29P.C12H25P.C10H21P.C8H17P/c1-2-3-4-9-20-27(25-18-10-14-21-12-5-7-16-23(21)25)26-19-11-15-22-13-6-8-17-24(22)26;1-5-9-13-14-20-25-24-19-18-21(15-10-6-2)22(16-11-7-3)23(24)17-12-8-4;1-3-5-12-15(13-6-4-2)14-10-8-7-9-11-14;1-3-10-13(11-4-2)12-8-6-5-7-9-12;1-3-11(4-2)10-8-6-5-7-9-10;1-9(2)8-6-4-3-5-7-8/h5-8,10-19H,2-4,9,20H2,1H3;18-19,25H,5-17,20H2,1-4H3;14H,3-13H2,1-2H3;12H,3-11H2,1-2H3;10H,3-9H2,1-2H3;8H,3-7H2,1-2H3. The zero-order valence-electron chi connectivity index (χ0n) is 68.3. The fraction of sp³-hybridized carbons (Fsp3) is 0.723. The van der Waals surface area contributed by atoms with Gasteiger partial charge in [0, 0.05) is 0 Å². The Hall–Kier alpha value is -0.800. The molecule has 0 bridgehead atoms. The molecule has 568 valence electrons. The van der Waals surface area contributed by atoms with E-state index in [4.69, 9.17) is 0 Å². The van der Waals surface area contributed by atoms with Crippen LogP contribution in [0.2, 0.25) is 0 Å². The van der Waals surface area contributed by atoms with Gasteiger partial charge < -0.3 is 0 Å². The van der Waals surface area contributed by atoms with E-state index in [-0.39, 0.29) is 7.92 Å². The maximum atomic E-state index is 2.50. The molecule has 0 aliphatic heterocycles. The highest BCUT2D eigenvalue weighted by Gasteiger charge is 2.25.